The van der Waals surface area contributed by atoms with Crippen LogP contribution in [0.1, 0.15) is 53.9 Å². The Balaban J connectivity index is 2.59. The van der Waals surface area contributed by atoms with Gasteiger partial charge in [0, 0.05) is 0 Å². The summed E-state index contributed by atoms with van der Waals surface area (Å²) in [6.07, 6.45) is 5.21. The van der Waals surface area contributed by atoms with E-state index in [4.69, 9.17) is 8.92 Å². The molecule has 0 aromatic heterocycles. The maximum absolute atomic E-state index is 12.0. The second kappa shape index (κ2) is 6.98. The summed E-state index contributed by atoms with van der Waals surface area (Å²) >= 11 is -0.0781. The minimum absolute atomic E-state index is 0.0342. The van der Waals surface area contributed by atoms with Gasteiger partial charge < -0.3 is 4.74 Å². The Morgan fingerprint density at radius 2 is 1.89 bits per heavy atom. The topological polar surface area (TPSA) is 35.5 Å². The normalized spacial score (nSPS) is 29.3. The summed E-state index contributed by atoms with van der Waals surface area (Å²) in [6, 6.07) is 0. The van der Waals surface area contributed by atoms with Crippen molar-refractivity contribution in [3.8, 4) is 0 Å². The molecule has 1 saturated carbocycles. The fraction of sp³-hybridized carbons (Fsp3) is 0.933. The van der Waals surface area contributed by atoms with Gasteiger partial charge in [0.15, 0.2) is 4.75 Å². The van der Waals surface area contributed by atoms with Crippen molar-refractivity contribution in [2.75, 3.05) is 12.9 Å². The van der Waals surface area contributed by atoms with Crippen molar-refractivity contribution in [2.24, 2.45) is 11.8 Å². The van der Waals surface area contributed by atoms with Gasteiger partial charge in [-0.25, -0.2) is 0 Å². The molecule has 0 heterocycles. The van der Waals surface area contributed by atoms with Crippen molar-refractivity contribution in [1.29, 1.82) is 0 Å². The molecule has 1 aliphatic carbocycles. The average molecular weight is 289 g/mol. The molecule has 0 N–H and O–H groups in total. The van der Waals surface area contributed by atoms with E-state index in [9.17, 15) is 4.79 Å². The summed E-state index contributed by atoms with van der Waals surface area (Å²) in [7, 11) is 0. The zero-order valence-electron chi connectivity index (χ0n) is 13.2. The Bertz CT molecular complexity index is 298. The lowest BCUT2D eigenvalue weighted by Gasteiger charge is -2.18. The molecule has 1 aliphatic rings. The van der Waals surface area contributed by atoms with Gasteiger partial charge in [0.25, 0.3) is 0 Å². The van der Waals surface area contributed by atoms with E-state index in [0.717, 1.165) is 19.3 Å². The van der Waals surface area contributed by atoms with Crippen molar-refractivity contribution in [1.82, 2.24) is 0 Å². The minimum atomic E-state index is -0.0781. The summed E-state index contributed by atoms with van der Waals surface area (Å²) in [5.41, 5.74) is 0. The van der Waals surface area contributed by atoms with Crippen LogP contribution in [-0.4, -0.2) is 29.7 Å². The number of esters is 1. The number of hydrogen-bond acceptors (Lipinski definition) is 3. The van der Waals surface area contributed by atoms with Crippen LogP contribution in [0.25, 0.3) is 0 Å². The van der Waals surface area contributed by atoms with Gasteiger partial charge in [-0.15, -0.1) is 0 Å². The van der Waals surface area contributed by atoms with Crippen LogP contribution in [0.15, 0.2) is 0 Å². The Labute approximate surface area is 121 Å². The van der Waals surface area contributed by atoms with Crippen molar-refractivity contribution in [2.45, 2.75) is 64.7 Å². The minimum Gasteiger partial charge on any atom is -0.466 e. The number of ether oxygens (including phenoxy) is 1. The largest absolute Gasteiger partial charge is 0.466 e. The maximum Gasteiger partial charge on any atom is 0.309 e. The Morgan fingerprint density at radius 1 is 1.26 bits per heavy atom. The number of carbonyl (C=O) groups is 1. The van der Waals surface area contributed by atoms with E-state index in [0.29, 0.717) is 12.5 Å². The molecule has 0 radical (unpaired) electrons. The van der Waals surface area contributed by atoms with Crippen LogP contribution < -0.4 is 0 Å². The van der Waals surface area contributed by atoms with Crippen LogP contribution in [-0.2, 0) is 24.9 Å². The van der Waals surface area contributed by atoms with Crippen LogP contribution in [0.3, 0.4) is 0 Å². The molecule has 0 aromatic rings. The monoisotopic (exact) mass is 289 g/mol. The molecule has 0 saturated heterocycles. The molecule has 19 heavy (non-hydrogen) atoms. The second-order valence-corrected chi connectivity index (χ2v) is 8.61. The van der Waals surface area contributed by atoms with Gasteiger partial charge in [-0.1, -0.05) is 13.3 Å². The van der Waals surface area contributed by atoms with Crippen molar-refractivity contribution < 1.29 is 13.7 Å². The summed E-state index contributed by atoms with van der Waals surface area (Å²) in [5, 5.41) is 0. The molecular formula is C15H29O3S+. The SMILES string of the molecule is CCOC(=O)C1CC(O[S+](C)C(C)(C)C)CC1CC. The van der Waals surface area contributed by atoms with Gasteiger partial charge in [-0.05, 0) is 46.5 Å². The fourth-order valence-electron chi connectivity index (χ4n) is 2.49. The average Bonchev–Trinajstić information content (AvgIpc) is 2.71. The molecule has 4 atom stereocenters. The summed E-state index contributed by atoms with van der Waals surface area (Å²) in [6.45, 7) is 11.1. The number of carbonyl (C=O) groups excluding carboxylic acids is 1. The van der Waals surface area contributed by atoms with Gasteiger partial charge in [-0.3, -0.25) is 4.79 Å². The lowest BCUT2D eigenvalue weighted by molar-refractivity contribution is -0.149. The van der Waals surface area contributed by atoms with Crippen LogP contribution in [0.2, 0.25) is 0 Å². The molecule has 3 nitrogen and oxygen atoms in total. The van der Waals surface area contributed by atoms with Crippen LogP contribution >= 0.6 is 0 Å². The fourth-order valence-corrected chi connectivity index (χ4v) is 3.34. The zero-order valence-corrected chi connectivity index (χ0v) is 14.0. The highest BCUT2D eigenvalue weighted by Crippen LogP contribution is 2.38. The smallest absolute Gasteiger partial charge is 0.309 e. The standard InChI is InChI=1S/C15H29O3S/c1-7-11-9-12(18-19(6)15(3,4)5)10-13(11)14(16)17-8-2/h11-13H,7-10H2,1-6H3/q+1. The third kappa shape index (κ3) is 4.67. The summed E-state index contributed by atoms with van der Waals surface area (Å²) in [5.74, 6) is 0.417. The van der Waals surface area contributed by atoms with E-state index >= 15 is 0 Å². The zero-order chi connectivity index (χ0) is 14.6. The quantitative estimate of drug-likeness (QED) is 0.575. The molecule has 0 spiro atoms. The first-order chi connectivity index (χ1) is 8.79. The van der Waals surface area contributed by atoms with Crippen molar-refractivity contribution in [3.05, 3.63) is 0 Å². The molecule has 4 unspecified atom stereocenters. The first kappa shape index (κ1) is 16.8. The first-order valence-electron chi connectivity index (χ1n) is 7.29. The highest BCUT2D eigenvalue weighted by molar-refractivity contribution is 7.93. The van der Waals surface area contributed by atoms with E-state index in [2.05, 4.69) is 34.0 Å². The molecular weight excluding hydrogens is 260 g/mol. The molecule has 1 rings (SSSR count). The summed E-state index contributed by atoms with van der Waals surface area (Å²) < 4.78 is 11.5. The van der Waals surface area contributed by atoms with Gasteiger partial charge in [0.2, 0.25) is 0 Å². The van der Waals surface area contributed by atoms with Crippen LogP contribution in [0, 0.1) is 11.8 Å². The highest BCUT2D eigenvalue weighted by Gasteiger charge is 2.44. The molecule has 0 amide bonds. The second-order valence-electron chi connectivity index (χ2n) is 6.28. The third-order valence-corrected chi connectivity index (χ3v) is 6.19. The van der Waals surface area contributed by atoms with Crippen molar-refractivity contribution in [3.63, 3.8) is 0 Å². The number of hydrogen-bond donors (Lipinski definition) is 0. The Kier molecular flexibility index (Phi) is 6.18. The van der Waals surface area contributed by atoms with E-state index in [-0.39, 0.29) is 33.9 Å². The van der Waals surface area contributed by atoms with E-state index in [1.165, 1.54) is 0 Å². The van der Waals surface area contributed by atoms with Gasteiger partial charge in [0.05, 0.1) is 12.5 Å². The molecule has 0 bridgehead atoms. The van der Waals surface area contributed by atoms with E-state index < -0.39 is 0 Å². The molecule has 4 heteroatoms. The molecule has 112 valence electrons. The molecule has 1 fully saturated rings. The number of rotatable bonds is 5. The lowest BCUT2D eigenvalue weighted by atomic mass is 9.94. The third-order valence-electron chi connectivity index (χ3n) is 3.91. The van der Waals surface area contributed by atoms with Crippen LogP contribution in [0.5, 0.6) is 0 Å². The van der Waals surface area contributed by atoms with Gasteiger partial charge >= 0.3 is 5.97 Å². The Morgan fingerprint density at radius 3 is 2.37 bits per heavy atom. The van der Waals surface area contributed by atoms with Gasteiger partial charge in [-0.2, -0.15) is 4.18 Å². The Hall–Kier alpha value is -0.220. The molecule has 0 aliphatic heterocycles. The van der Waals surface area contributed by atoms with Crippen molar-refractivity contribution >= 4 is 17.1 Å². The lowest BCUT2D eigenvalue weighted by Crippen LogP contribution is -2.32. The van der Waals surface area contributed by atoms with Crippen LogP contribution in [0.4, 0.5) is 0 Å². The predicted octanol–water partition coefficient (Wildman–Crippen LogP) is 3.33. The summed E-state index contributed by atoms with van der Waals surface area (Å²) in [4.78, 5) is 12.0. The van der Waals surface area contributed by atoms with E-state index in [1.807, 2.05) is 6.92 Å². The van der Waals surface area contributed by atoms with E-state index in [1.54, 1.807) is 0 Å². The maximum atomic E-state index is 12.0. The highest BCUT2D eigenvalue weighted by atomic mass is 32.2. The predicted molar refractivity (Wildman–Crippen MR) is 81.1 cm³/mol. The van der Waals surface area contributed by atoms with Gasteiger partial charge in [0.1, 0.15) is 23.5 Å². The molecule has 0 aromatic carbocycles. The first-order valence-corrected chi connectivity index (χ1v) is 8.85.